The quantitative estimate of drug-likeness (QED) is 0.508. The Morgan fingerprint density at radius 2 is 1.56 bits per heavy atom. The molecule has 0 fully saturated rings. The van der Waals surface area contributed by atoms with Crippen LogP contribution in [0.25, 0.3) is 0 Å². The van der Waals surface area contributed by atoms with E-state index < -0.39 is 59.3 Å². The third-order valence-electron chi connectivity index (χ3n) is 1.89. The number of carboxylic acids is 2. The van der Waals surface area contributed by atoms with E-state index in [1.165, 1.54) is 0 Å². The second kappa shape index (κ2) is 5.07. The maximum absolute atomic E-state index is 11.0. The van der Waals surface area contributed by atoms with Gasteiger partial charge >= 0.3 is 11.9 Å². The van der Waals surface area contributed by atoms with Gasteiger partial charge in [0.15, 0.2) is 21.2 Å². The highest BCUT2D eigenvalue weighted by molar-refractivity contribution is 14.1. The molecule has 8 nitrogen and oxygen atoms in total. The molecule has 1 aromatic rings. The molecule has 98 valence electrons. The molecule has 0 unspecified atom stereocenters. The van der Waals surface area contributed by atoms with E-state index in [1.807, 2.05) is 0 Å². The smallest absolute Gasteiger partial charge is 0.337 e. The first-order valence-electron chi connectivity index (χ1n) is 4.07. The number of hydrogen-bond acceptors (Lipinski definition) is 5. The monoisotopic (exact) mass is 388 g/mol. The normalized spacial score (nSPS) is 11.2. The van der Waals surface area contributed by atoms with Crippen molar-refractivity contribution < 1.29 is 35.8 Å². The second-order valence-corrected chi connectivity index (χ2v) is 5.98. The minimum atomic E-state index is -4.89. The van der Waals surface area contributed by atoms with Gasteiger partial charge in [-0.3, -0.25) is 7.62 Å². The highest BCUT2D eigenvalue weighted by Crippen LogP contribution is 2.25. The van der Waals surface area contributed by atoms with E-state index in [-0.39, 0.29) is 3.57 Å². The van der Waals surface area contributed by atoms with Crippen molar-refractivity contribution in [2.75, 3.05) is 0 Å². The van der Waals surface area contributed by atoms with E-state index in [0.717, 1.165) is 0 Å². The van der Waals surface area contributed by atoms with Crippen LogP contribution < -0.4 is 0 Å². The molecule has 0 aliphatic rings. The van der Waals surface area contributed by atoms with Crippen molar-refractivity contribution in [2.45, 2.75) is 4.90 Å². The van der Waals surface area contributed by atoms with Crippen molar-refractivity contribution >= 4 is 43.2 Å². The molecular formula is C8H5IO8S. The predicted octanol–water partition coefficient (Wildman–Crippen LogP) is 0.816. The summed E-state index contributed by atoms with van der Waals surface area (Å²) in [7, 11) is -4.89. The van der Waals surface area contributed by atoms with E-state index in [9.17, 15) is 21.1 Å². The molecule has 0 radical (unpaired) electrons. The highest BCUT2D eigenvalue weighted by Gasteiger charge is 2.25. The van der Waals surface area contributed by atoms with E-state index in [0.29, 0.717) is 12.1 Å². The summed E-state index contributed by atoms with van der Waals surface area (Å²) in [6.07, 6.45) is 0. The van der Waals surface area contributed by atoms with E-state index in [2.05, 4.69) is 0 Å². The maximum Gasteiger partial charge on any atom is 0.337 e. The molecule has 0 saturated heterocycles. The van der Waals surface area contributed by atoms with Gasteiger partial charge < -0.3 is 10.2 Å². The summed E-state index contributed by atoms with van der Waals surface area (Å²) >= 11 is -2.01. The van der Waals surface area contributed by atoms with Gasteiger partial charge in [0, 0.05) is 0 Å². The Bertz CT molecular complexity index is 647. The molecule has 0 bridgehead atoms. The predicted molar refractivity (Wildman–Crippen MR) is 63.6 cm³/mol. The largest absolute Gasteiger partial charge is 0.478 e. The fraction of sp³-hybridized carbons (Fsp3) is 0. The van der Waals surface area contributed by atoms with Crippen molar-refractivity contribution in [3.05, 3.63) is 26.8 Å². The number of rotatable bonds is 4. The third kappa shape index (κ3) is 2.88. The third-order valence-corrected chi connectivity index (χ3v) is 4.15. The Kier molecular flexibility index (Phi) is 4.13. The summed E-state index contributed by atoms with van der Waals surface area (Å²) < 4.78 is 41.3. The fourth-order valence-electron chi connectivity index (χ4n) is 1.16. The van der Waals surface area contributed by atoms with Gasteiger partial charge in [0.2, 0.25) is 0 Å². The van der Waals surface area contributed by atoms with Crippen LogP contribution in [0.5, 0.6) is 0 Å². The van der Waals surface area contributed by atoms with Crippen molar-refractivity contribution in [1.29, 1.82) is 0 Å². The fourth-order valence-corrected chi connectivity index (χ4v) is 2.91. The van der Waals surface area contributed by atoms with E-state index >= 15 is 0 Å². The SMILES string of the molecule is O=Ic1cc(C(=O)O)c(S(=O)(=O)O)cc1C(=O)O. The standard InChI is InChI=1S/C8H5IO8S/c10-7(11)3-2-6(18(15,16)17)4(8(12)13)1-5(3)9-14/h1-2H,(H,10,11)(H,12,13)(H,15,16,17). The average molecular weight is 388 g/mol. The Balaban J connectivity index is 3.80. The summed E-state index contributed by atoms with van der Waals surface area (Å²) in [6.45, 7) is 0. The van der Waals surface area contributed by atoms with Gasteiger partial charge in [0.1, 0.15) is 4.90 Å². The Labute approximate surface area is 111 Å². The summed E-state index contributed by atoms with van der Waals surface area (Å²) in [4.78, 5) is 20.6. The minimum absolute atomic E-state index is 0.272. The van der Waals surface area contributed by atoms with Gasteiger partial charge in [-0.1, -0.05) is 0 Å². The lowest BCUT2D eigenvalue weighted by molar-refractivity contribution is 0.0676. The first-order chi connectivity index (χ1) is 8.18. The number of benzene rings is 1. The van der Waals surface area contributed by atoms with Crippen molar-refractivity contribution in [2.24, 2.45) is 0 Å². The van der Waals surface area contributed by atoms with E-state index in [1.54, 1.807) is 0 Å². The summed E-state index contributed by atoms with van der Waals surface area (Å²) in [5, 5.41) is 17.5. The first-order valence-corrected chi connectivity index (χ1v) is 7.47. The van der Waals surface area contributed by atoms with Crippen molar-refractivity contribution in [1.82, 2.24) is 0 Å². The Hall–Kier alpha value is -1.40. The van der Waals surface area contributed by atoms with Gasteiger partial charge in [-0.05, 0) is 12.1 Å². The number of aromatic carboxylic acids is 2. The lowest BCUT2D eigenvalue weighted by atomic mass is 10.1. The summed E-state index contributed by atoms with van der Waals surface area (Å²) in [5.41, 5.74) is -1.44. The maximum atomic E-state index is 11.0. The van der Waals surface area contributed by atoms with Crippen LogP contribution in [0.2, 0.25) is 0 Å². The van der Waals surface area contributed by atoms with Crippen LogP contribution in [-0.4, -0.2) is 35.1 Å². The second-order valence-electron chi connectivity index (χ2n) is 2.99. The number of carboxylic acid groups (broad SMARTS) is 2. The molecule has 18 heavy (non-hydrogen) atoms. The zero-order valence-electron chi connectivity index (χ0n) is 8.32. The van der Waals surface area contributed by atoms with Crippen LogP contribution in [0.3, 0.4) is 0 Å². The van der Waals surface area contributed by atoms with Crippen molar-refractivity contribution in [3.8, 4) is 0 Å². The summed E-state index contributed by atoms with van der Waals surface area (Å²) in [6, 6.07) is 1.16. The molecule has 10 heteroatoms. The van der Waals surface area contributed by atoms with Crippen molar-refractivity contribution in [3.63, 3.8) is 0 Å². The molecule has 1 aromatic carbocycles. The van der Waals surface area contributed by atoms with Gasteiger partial charge in [0.25, 0.3) is 10.1 Å². The van der Waals surface area contributed by atoms with Crippen LogP contribution in [0, 0.1) is 3.57 Å². The molecule has 0 heterocycles. The number of carbonyl (C=O) groups is 2. The molecule has 0 spiro atoms. The lowest BCUT2D eigenvalue weighted by Crippen LogP contribution is -2.12. The molecular weight excluding hydrogens is 383 g/mol. The molecule has 0 aliphatic carbocycles. The van der Waals surface area contributed by atoms with E-state index in [4.69, 9.17) is 14.8 Å². The lowest BCUT2D eigenvalue weighted by Gasteiger charge is -2.06. The summed E-state index contributed by atoms with van der Waals surface area (Å²) in [5.74, 6) is -3.25. The number of halogens is 1. The number of hydrogen-bond donors (Lipinski definition) is 3. The van der Waals surface area contributed by atoms with Crippen LogP contribution in [-0.2, 0) is 13.2 Å². The van der Waals surface area contributed by atoms with Gasteiger partial charge in [0.05, 0.1) is 14.7 Å². The zero-order valence-corrected chi connectivity index (χ0v) is 11.3. The molecule has 0 aromatic heterocycles. The Morgan fingerprint density at radius 3 is 1.89 bits per heavy atom. The van der Waals surface area contributed by atoms with Gasteiger partial charge in [-0.2, -0.15) is 8.42 Å². The van der Waals surface area contributed by atoms with Gasteiger partial charge in [-0.25, -0.2) is 9.59 Å². The molecule has 0 saturated carbocycles. The molecule has 0 aliphatic heterocycles. The zero-order chi connectivity index (χ0) is 14.1. The van der Waals surface area contributed by atoms with Gasteiger partial charge in [-0.15, -0.1) is 0 Å². The molecule has 3 N–H and O–H groups in total. The Morgan fingerprint density at radius 1 is 1.06 bits per heavy atom. The van der Waals surface area contributed by atoms with Crippen LogP contribution in [0.15, 0.2) is 17.0 Å². The minimum Gasteiger partial charge on any atom is -0.478 e. The topological polar surface area (TPSA) is 146 Å². The molecule has 0 atom stereocenters. The van der Waals surface area contributed by atoms with Crippen LogP contribution >= 0.6 is 21.2 Å². The molecule has 0 amide bonds. The van der Waals surface area contributed by atoms with Crippen LogP contribution in [0.4, 0.5) is 0 Å². The first kappa shape index (κ1) is 14.7. The molecule has 1 rings (SSSR count). The highest BCUT2D eigenvalue weighted by atomic mass is 127. The average Bonchev–Trinajstić information content (AvgIpc) is 2.25. The van der Waals surface area contributed by atoms with Crippen LogP contribution in [0.1, 0.15) is 20.7 Å².